The molecule has 0 bridgehead atoms. The van der Waals surface area contributed by atoms with Crippen molar-refractivity contribution >= 4 is 6.09 Å². The van der Waals surface area contributed by atoms with Crippen LogP contribution in [0.15, 0.2) is 18.3 Å². The summed E-state index contributed by atoms with van der Waals surface area (Å²) in [6.07, 6.45) is 1.37. The van der Waals surface area contributed by atoms with Crippen LogP contribution in [0.1, 0.15) is 26.5 Å². The van der Waals surface area contributed by atoms with Crippen molar-refractivity contribution in [2.45, 2.75) is 32.0 Å². The summed E-state index contributed by atoms with van der Waals surface area (Å²) in [6, 6.07) is 3.63. The molecule has 0 spiro atoms. The van der Waals surface area contributed by atoms with Crippen LogP contribution in [0.4, 0.5) is 4.79 Å². The van der Waals surface area contributed by atoms with E-state index in [4.69, 9.17) is 4.74 Å². The number of aliphatic hydroxyl groups is 1. The number of nitrogens with one attached hydrogen (secondary N) is 1. The summed E-state index contributed by atoms with van der Waals surface area (Å²) in [6.45, 7) is 6.00. The second kappa shape index (κ2) is 3.77. The van der Waals surface area contributed by atoms with Crippen molar-refractivity contribution in [1.82, 2.24) is 9.88 Å². The van der Waals surface area contributed by atoms with E-state index in [9.17, 15) is 9.90 Å². The average Bonchev–Trinajstić information content (AvgIpc) is 2.62. The lowest BCUT2D eigenvalue weighted by molar-refractivity contribution is -0.105. The standard InChI is InChI=1S/C12H18N2O3/c1-11(2,3)17-10(15)14-7-12(16,8-14)9-5-4-6-13-9/h4-6,13,16H,7-8H2,1-3H3. The predicted molar refractivity (Wildman–Crippen MR) is 62.5 cm³/mol. The third-order valence-corrected chi connectivity index (χ3v) is 2.66. The van der Waals surface area contributed by atoms with Gasteiger partial charge in [-0.05, 0) is 32.9 Å². The molecule has 2 N–H and O–H groups in total. The maximum Gasteiger partial charge on any atom is 0.410 e. The first kappa shape index (κ1) is 12.0. The van der Waals surface area contributed by atoms with Crippen LogP contribution >= 0.6 is 0 Å². The summed E-state index contributed by atoms with van der Waals surface area (Å²) in [4.78, 5) is 16.1. The summed E-state index contributed by atoms with van der Waals surface area (Å²) >= 11 is 0. The number of carbonyl (C=O) groups excluding carboxylic acids is 1. The summed E-state index contributed by atoms with van der Waals surface area (Å²) in [5, 5.41) is 10.2. The molecule has 5 heteroatoms. The zero-order valence-electron chi connectivity index (χ0n) is 10.4. The van der Waals surface area contributed by atoms with Gasteiger partial charge >= 0.3 is 6.09 Å². The molecule has 0 atom stereocenters. The second-order valence-corrected chi connectivity index (χ2v) is 5.45. The first-order valence-corrected chi connectivity index (χ1v) is 5.64. The fraction of sp³-hybridized carbons (Fsp3) is 0.583. The highest BCUT2D eigenvalue weighted by Gasteiger charge is 2.47. The molecule has 1 fully saturated rings. The molecule has 2 heterocycles. The number of carbonyl (C=O) groups is 1. The quantitative estimate of drug-likeness (QED) is 0.778. The molecule has 94 valence electrons. The van der Waals surface area contributed by atoms with E-state index in [0.29, 0.717) is 0 Å². The van der Waals surface area contributed by atoms with Crippen LogP contribution < -0.4 is 0 Å². The number of aromatic amines is 1. The number of β-amino-alcohol motifs (C(OH)–C–C–N with tert-alkyl or cyclic N) is 1. The fourth-order valence-corrected chi connectivity index (χ4v) is 1.83. The highest BCUT2D eigenvalue weighted by Crippen LogP contribution is 2.31. The molecule has 1 amide bonds. The van der Waals surface area contributed by atoms with Crippen molar-refractivity contribution in [3.05, 3.63) is 24.0 Å². The minimum Gasteiger partial charge on any atom is -0.444 e. The lowest BCUT2D eigenvalue weighted by Gasteiger charge is -2.45. The molecule has 2 rings (SSSR count). The molecule has 0 aromatic carbocycles. The summed E-state index contributed by atoms with van der Waals surface area (Å²) in [5.74, 6) is 0. The summed E-state index contributed by atoms with van der Waals surface area (Å²) in [7, 11) is 0. The Morgan fingerprint density at radius 3 is 2.65 bits per heavy atom. The maximum atomic E-state index is 11.7. The number of rotatable bonds is 1. The maximum absolute atomic E-state index is 11.7. The number of hydrogen-bond acceptors (Lipinski definition) is 3. The van der Waals surface area contributed by atoms with Crippen LogP contribution in [-0.2, 0) is 10.3 Å². The van der Waals surface area contributed by atoms with Crippen LogP contribution in [0.25, 0.3) is 0 Å². The van der Waals surface area contributed by atoms with Crippen molar-refractivity contribution in [2.24, 2.45) is 0 Å². The molecule has 0 unspecified atom stereocenters. The number of H-pyrrole nitrogens is 1. The van der Waals surface area contributed by atoms with Gasteiger partial charge in [-0.3, -0.25) is 0 Å². The van der Waals surface area contributed by atoms with Crippen LogP contribution in [0.3, 0.4) is 0 Å². The summed E-state index contributed by atoms with van der Waals surface area (Å²) < 4.78 is 5.22. The smallest absolute Gasteiger partial charge is 0.410 e. The molecule has 0 saturated carbocycles. The van der Waals surface area contributed by atoms with Gasteiger partial charge in [0.1, 0.15) is 11.2 Å². The second-order valence-electron chi connectivity index (χ2n) is 5.45. The molecular weight excluding hydrogens is 220 g/mol. The SMILES string of the molecule is CC(C)(C)OC(=O)N1CC(O)(c2ccc[nH]2)C1. The fourth-order valence-electron chi connectivity index (χ4n) is 1.83. The van der Waals surface area contributed by atoms with E-state index >= 15 is 0 Å². The molecule has 1 aromatic heterocycles. The molecule has 1 saturated heterocycles. The predicted octanol–water partition coefficient (Wildman–Crippen LogP) is 1.45. The van der Waals surface area contributed by atoms with Crippen LogP contribution in [0, 0.1) is 0 Å². The average molecular weight is 238 g/mol. The molecule has 5 nitrogen and oxygen atoms in total. The van der Waals surface area contributed by atoms with Gasteiger partial charge in [-0.15, -0.1) is 0 Å². The molecule has 17 heavy (non-hydrogen) atoms. The number of amides is 1. The Morgan fingerprint density at radius 2 is 2.18 bits per heavy atom. The minimum absolute atomic E-state index is 0.266. The van der Waals surface area contributed by atoms with E-state index < -0.39 is 11.2 Å². The van der Waals surface area contributed by atoms with E-state index in [1.807, 2.05) is 32.9 Å². The Hall–Kier alpha value is -1.49. The molecule has 1 aliphatic heterocycles. The highest BCUT2D eigenvalue weighted by atomic mass is 16.6. The third-order valence-electron chi connectivity index (χ3n) is 2.66. The van der Waals surface area contributed by atoms with Crippen LogP contribution in [0.5, 0.6) is 0 Å². The molecule has 1 aliphatic rings. The van der Waals surface area contributed by atoms with Gasteiger partial charge in [0.25, 0.3) is 0 Å². The molecule has 0 aliphatic carbocycles. The Bertz CT molecular complexity index is 400. The van der Waals surface area contributed by atoms with Gasteiger partial charge in [0, 0.05) is 6.20 Å². The zero-order valence-corrected chi connectivity index (χ0v) is 10.4. The van der Waals surface area contributed by atoms with Gasteiger partial charge in [0.05, 0.1) is 18.8 Å². The number of hydrogen-bond donors (Lipinski definition) is 2. The Labute approximate surface area is 100 Å². The van der Waals surface area contributed by atoms with Gasteiger partial charge in [-0.1, -0.05) is 0 Å². The summed E-state index contributed by atoms with van der Waals surface area (Å²) in [5.41, 5.74) is -0.727. The van der Waals surface area contributed by atoms with Crippen molar-refractivity contribution < 1.29 is 14.6 Å². The Morgan fingerprint density at radius 1 is 1.53 bits per heavy atom. The van der Waals surface area contributed by atoms with Crippen LogP contribution in [-0.4, -0.2) is 39.8 Å². The molecular formula is C12H18N2O3. The van der Waals surface area contributed by atoms with E-state index in [2.05, 4.69) is 4.98 Å². The topological polar surface area (TPSA) is 65.6 Å². The van der Waals surface area contributed by atoms with E-state index in [0.717, 1.165) is 5.69 Å². The van der Waals surface area contributed by atoms with Gasteiger partial charge in [-0.25, -0.2) is 4.79 Å². The third kappa shape index (κ3) is 2.44. The van der Waals surface area contributed by atoms with Gasteiger partial charge in [0.15, 0.2) is 0 Å². The van der Waals surface area contributed by atoms with Gasteiger partial charge in [-0.2, -0.15) is 0 Å². The number of nitrogens with zero attached hydrogens (tertiary/aromatic N) is 1. The van der Waals surface area contributed by atoms with E-state index in [1.54, 1.807) is 6.20 Å². The molecule has 0 radical (unpaired) electrons. The number of aromatic nitrogens is 1. The first-order valence-electron chi connectivity index (χ1n) is 5.64. The van der Waals surface area contributed by atoms with Crippen molar-refractivity contribution in [3.63, 3.8) is 0 Å². The van der Waals surface area contributed by atoms with Gasteiger partial charge in [0.2, 0.25) is 0 Å². The van der Waals surface area contributed by atoms with E-state index in [-0.39, 0.29) is 19.2 Å². The van der Waals surface area contributed by atoms with Gasteiger partial charge < -0.3 is 19.7 Å². The lowest BCUT2D eigenvalue weighted by Crippen LogP contribution is -2.62. The number of likely N-dealkylation sites (tertiary alicyclic amines) is 1. The number of ether oxygens (including phenoxy) is 1. The minimum atomic E-state index is -0.958. The van der Waals surface area contributed by atoms with Crippen LogP contribution in [0.2, 0.25) is 0 Å². The van der Waals surface area contributed by atoms with Crippen molar-refractivity contribution in [2.75, 3.05) is 13.1 Å². The van der Waals surface area contributed by atoms with E-state index in [1.165, 1.54) is 4.90 Å². The van der Waals surface area contributed by atoms with Crippen molar-refractivity contribution in [1.29, 1.82) is 0 Å². The monoisotopic (exact) mass is 238 g/mol. The Balaban J connectivity index is 1.93. The van der Waals surface area contributed by atoms with Crippen molar-refractivity contribution in [3.8, 4) is 0 Å². The first-order chi connectivity index (χ1) is 7.80. The largest absolute Gasteiger partial charge is 0.444 e. The normalized spacial score (nSPS) is 18.7. The Kier molecular flexibility index (Phi) is 2.66. The lowest BCUT2D eigenvalue weighted by atomic mass is 9.91. The highest BCUT2D eigenvalue weighted by molar-refractivity contribution is 5.69. The molecule has 1 aromatic rings. The zero-order chi connectivity index (χ0) is 12.7.